The predicted molar refractivity (Wildman–Crippen MR) is 76.8 cm³/mol. The van der Waals surface area contributed by atoms with E-state index in [4.69, 9.17) is 16.3 Å². The Balaban J connectivity index is 0.000000322. The van der Waals surface area contributed by atoms with Gasteiger partial charge < -0.3 is 15.3 Å². The highest BCUT2D eigenvalue weighted by molar-refractivity contribution is 5.94. The van der Waals surface area contributed by atoms with Gasteiger partial charge in [0.15, 0.2) is 0 Å². The zero-order valence-corrected chi connectivity index (χ0v) is 12.1. The summed E-state index contributed by atoms with van der Waals surface area (Å²) in [7, 11) is 0. The Hall–Kier alpha value is -2.53. The van der Waals surface area contributed by atoms with E-state index < -0.39 is 12.1 Å². The summed E-state index contributed by atoms with van der Waals surface area (Å²) < 4.78 is 31.7. The largest absolute Gasteiger partial charge is 0.490 e. The number of hydrogen-bond donors (Lipinski definition) is 2. The highest BCUT2D eigenvalue weighted by Crippen LogP contribution is 2.13. The monoisotopic (exact) mass is 328 g/mol. The minimum Gasteiger partial charge on any atom is -0.475 e. The Labute approximate surface area is 131 Å². The maximum Gasteiger partial charge on any atom is 0.490 e. The number of terminal acetylenes is 1. The number of carbonyl (C=O) groups is 2. The third kappa shape index (κ3) is 6.00. The van der Waals surface area contributed by atoms with Gasteiger partial charge in [-0.15, -0.1) is 6.42 Å². The molecule has 124 valence electrons. The Bertz CT molecular complexity index is 585. The smallest absolute Gasteiger partial charge is 0.475 e. The minimum absolute atomic E-state index is 0.0880. The number of carboxylic acids is 1. The lowest BCUT2D eigenvalue weighted by Crippen LogP contribution is -2.46. The fourth-order valence-electron chi connectivity index (χ4n) is 1.76. The van der Waals surface area contributed by atoms with Gasteiger partial charge in [-0.05, 0) is 24.3 Å². The standard InChI is InChI=1S/C13H14N2O.C2HF3O2/c1-2-11-3-5-12(6-4-11)13(16)15-9-7-14-8-10-15;3-2(4,5)1(6)7/h1,3-6,14H,7-10H2;(H,6,7). The predicted octanol–water partition coefficient (Wildman–Crippen LogP) is 1.35. The molecule has 0 atom stereocenters. The Morgan fingerprint density at radius 2 is 1.65 bits per heavy atom. The number of benzene rings is 1. The number of alkyl halides is 3. The van der Waals surface area contributed by atoms with Crippen molar-refractivity contribution in [3.63, 3.8) is 0 Å². The van der Waals surface area contributed by atoms with Crippen molar-refractivity contribution in [3.8, 4) is 12.3 Å². The maximum absolute atomic E-state index is 12.0. The van der Waals surface area contributed by atoms with Gasteiger partial charge in [-0.3, -0.25) is 4.79 Å². The summed E-state index contributed by atoms with van der Waals surface area (Å²) in [6, 6.07) is 7.18. The van der Waals surface area contributed by atoms with E-state index in [1.54, 1.807) is 24.3 Å². The van der Waals surface area contributed by atoms with Gasteiger partial charge in [-0.1, -0.05) is 5.92 Å². The van der Waals surface area contributed by atoms with E-state index in [0.29, 0.717) is 5.56 Å². The van der Waals surface area contributed by atoms with Crippen LogP contribution in [0.1, 0.15) is 15.9 Å². The Morgan fingerprint density at radius 3 is 2.04 bits per heavy atom. The summed E-state index contributed by atoms with van der Waals surface area (Å²) in [4.78, 5) is 22.8. The summed E-state index contributed by atoms with van der Waals surface area (Å²) in [6.07, 6.45) is 0.182. The van der Waals surface area contributed by atoms with E-state index in [9.17, 15) is 18.0 Å². The maximum atomic E-state index is 12.0. The molecule has 8 heteroatoms. The second kappa shape index (κ2) is 8.19. The molecule has 1 aromatic rings. The number of piperazine rings is 1. The second-order valence-electron chi connectivity index (χ2n) is 4.57. The molecule has 1 amide bonds. The molecule has 1 aliphatic heterocycles. The van der Waals surface area contributed by atoms with E-state index in [1.165, 1.54) is 0 Å². The Morgan fingerprint density at radius 1 is 1.17 bits per heavy atom. The number of aliphatic carboxylic acids is 1. The van der Waals surface area contributed by atoms with Crippen LogP contribution in [0.3, 0.4) is 0 Å². The molecule has 0 radical (unpaired) electrons. The SMILES string of the molecule is C#Cc1ccc(C(=O)N2CCNCC2)cc1.O=C(O)C(F)(F)F. The fraction of sp³-hybridized carbons (Fsp3) is 0.333. The summed E-state index contributed by atoms with van der Waals surface area (Å²) in [6.45, 7) is 3.29. The van der Waals surface area contributed by atoms with Crippen molar-refractivity contribution in [1.82, 2.24) is 10.2 Å². The van der Waals surface area contributed by atoms with Crippen molar-refractivity contribution in [2.75, 3.05) is 26.2 Å². The molecule has 1 aliphatic rings. The molecule has 0 saturated carbocycles. The van der Waals surface area contributed by atoms with E-state index in [2.05, 4.69) is 11.2 Å². The van der Waals surface area contributed by atoms with Gasteiger partial charge in [0, 0.05) is 37.3 Å². The fourth-order valence-corrected chi connectivity index (χ4v) is 1.76. The van der Waals surface area contributed by atoms with Gasteiger partial charge in [0.25, 0.3) is 5.91 Å². The minimum atomic E-state index is -5.08. The summed E-state index contributed by atoms with van der Waals surface area (Å²) in [5, 5.41) is 10.3. The lowest BCUT2D eigenvalue weighted by atomic mass is 10.1. The van der Waals surface area contributed by atoms with Gasteiger partial charge in [-0.25, -0.2) is 4.79 Å². The van der Waals surface area contributed by atoms with Gasteiger partial charge in [0.1, 0.15) is 0 Å². The molecule has 0 aromatic heterocycles. The molecular weight excluding hydrogens is 313 g/mol. The number of carboxylic acid groups (broad SMARTS) is 1. The van der Waals surface area contributed by atoms with Crippen LogP contribution >= 0.6 is 0 Å². The van der Waals surface area contributed by atoms with Crippen molar-refractivity contribution in [2.45, 2.75) is 6.18 Å². The number of nitrogens with zero attached hydrogens (tertiary/aromatic N) is 1. The van der Waals surface area contributed by atoms with Crippen LogP contribution in [0.25, 0.3) is 0 Å². The first-order valence-corrected chi connectivity index (χ1v) is 6.62. The average Bonchev–Trinajstić information content (AvgIpc) is 2.55. The second-order valence-corrected chi connectivity index (χ2v) is 4.57. The van der Waals surface area contributed by atoms with E-state index in [1.807, 2.05) is 4.90 Å². The number of carbonyl (C=O) groups excluding carboxylic acids is 1. The zero-order valence-electron chi connectivity index (χ0n) is 12.1. The normalized spacial score (nSPS) is 14.3. The molecule has 2 N–H and O–H groups in total. The number of nitrogens with one attached hydrogen (secondary N) is 1. The van der Waals surface area contributed by atoms with Crippen LogP contribution in [-0.4, -0.2) is 54.2 Å². The van der Waals surface area contributed by atoms with Crippen molar-refractivity contribution in [2.24, 2.45) is 0 Å². The third-order valence-corrected chi connectivity index (χ3v) is 2.95. The molecule has 1 fully saturated rings. The quantitative estimate of drug-likeness (QED) is 0.764. The molecule has 1 saturated heterocycles. The van der Waals surface area contributed by atoms with Crippen LogP contribution in [-0.2, 0) is 4.79 Å². The summed E-state index contributed by atoms with van der Waals surface area (Å²) >= 11 is 0. The van der Waals surface area contributed by atoms with Crippen LogP contribution in [0.15, 0.2) is 24.3 Å². The van der Waals surface area contributed by atoms with Crippen LogP contribution in [0, 0.1) is 12.3 Å². The van der Waals surface area contributed by atoms with E-state index in [0.717, 1.165) is 31.7 Å². The van der Waals surface area contributed by atoms with Gasteiger partial charge in [-0.2, -0.15) is 13.2 Å². The summed E-state index contributed by atoms with van der Waals surface area (Å²) in [5.41, 5.74) is 1.51. The van der Waals surface area contributed by atoms with Crippen LogP contribution in [0.2, 0.25) is 0 Å². The molecule has 2 rings (SSSR count). The lowest BCUT2D eigenvalue weighted by molar-refractivity contribution is -0.192. The average molecular weight is 328 g/mol. The van der Waals surface area contributed by atoms with Crippen molar-refractivity contribution >= 4 is 11.9 Å². The summed E-state index contributed by atoms with van der Waals surface area (Å²) in [5.74, 6) is -0.131. The van der Waals surface area contributed by atoms with Gasteiger partial charge >= 0.3 is 12.1 Å². The molecule has 0 aliphatic carbocycles. The number of amides is 1. The molecule has 5 nitrogen and oxygen atoms in total. The first kappa shape index (κ1) is 18.5. The molecule has 1 aromatic carbocycles. The topological polar surface area (TPSA) is 69.6 Å². The van der Waals surface area contributed by atoms with Crippen molar-refractivity contribution in [3.05, 3.63) is 35.4 Å². The number of hydrogen-bond acceptors (Lipinski definition) is 3. The van der Waals surface area contributed by atoms with Crippen LogP contribution in [0.5, 0.6) is 0 Å². The van der Waals surface area contributed by atoms with Crippen LogP contribution in [0.4, 0.5) is 13.2 Å². The first-order valence-electron chi connectivity index (χ1n) is 6.62. The third-order valence-electron chi connectivity index (χ3n) is 2.95. The lowest BCUT2D eigenvalue weighted by Gasteiger charge is -2.27. The molecule has 1 heterocycles. The van der Waals surface area contributed by atoms with Crippen molar-refractivity contribution in [1.29, 1.82) is 0 Å². The van der Waals surface area contributed by atoms with E-state index >= 15 is 0 Å². The molecule has 0 bridgehead atoms. The first-order chi connectivity index (χ1) is 10.8. The zero-order chi connectivity index (χ0) is 17.5. The van der Waals surface area contributed by atoms with Gasteiger partial charge in [0.2, 0.25) is 0 Å². The highest BCUT2D eigenvalue weighted by Gasteiger charge is 2.38. The van der Waals surface area contributed by atoms with Crippen molar-refractivity contribution < 1.29 is 27.9 Å². The number of halogens is 3. The van der Waals surface area contributed by atoms with Gasteiger partial charge in [0.05, 0.1) is 0 Å². The molecule has 0 unspecified atom stereocenters. The molecule has 0 spiro atoms. The van der Waals surface area contributed by atoms with Crippen LogP contribution < -0.4 is 5.32 Å². The Kier molecular flexibility index (Phi) is 6.60. The van der Waals surface area contributed by atoms with E-state index in [-0.39, 0.29) is 5.91 Å². The highest BCUT2D eigenvalue weighted by atomic mass is 19.4. The molecular formula is C15H15F3N2O3. The molecule has 23 heavy (non-hydrogen) atoms. The number of rotatable bonds is 1.